The van der Waals surface area contributed by atoms with Gasteiger partial charge in [0.25, 0.3) is 0 Å². The molecule has 0 aliphatic heterocycles. The van der Waals surface area contributed by atoms with Crippen LogP contribution in [0.2, 0.25) is 0 Å². The van der Waals surface area contributed by atoms with E-state index in [1.807, 2.05) is 6.92 Å². The third-order valence-corrected chi connectivity index (χ3v) is 7.45. The molecule has 0 bridgehead atoms. The van der Waals surface area contributed by atoms with E-state index in [9.17, 15) is 20.4 Å². The van der Waals surface area contributed by atoms with Crippen molar-refractivity contribution in [3.05, 3.63) is 11.6 Å². The molecule has 0 heterocycles. The summed E-state index contributed by atoms with van der Waals surface area (Å²) in [5.74, 6) is 0.591. The molecule has 4 N–H and O–H groups in total. The van der Waals surface area contributed by atoms with Gasteiger partial charge in [-0.3, -0.25) is 0 Å². The summed E-state index contributed by atoms with van der Waals surface area (Å²) in [5, 5.41) is 42.3. The van der Waals surface area contributed by atoms with E-state index >= 15 is 0 Å². The molecule has 0 aromatic rings. The van der Waals surface area contributed by atoms with Gasteiger partial charge in [0, 0.05) is 17.9 Å². The largest absolute Gasteiger partial charge is 0.396 e. The molecule has 4 nitrogen and oxygen atoms in total. The van der Waals surface area contributed by atoms with Crippen LogP contribution >= 0.6 is 0 Å². The SMILES string of the molecule is CC(C)[C@H]1C[C@@H](O)[C@]2(C)C[C@@H]3[C@H](CO)C[C@@H](O)[C@@H]3[C@@](C)(O)CC=C12. The minimum atomic E-state index is -0.975. The van der Waals surface area contributed by atoms with Crippen molar-refractivity contribution in [1.29, 1.82) is 0 Å². The highest BCUT2D eigenvalue weighted by Gasteiger charge is 2.57. The Labute approximate surface area is 145 Å². The lowest BCUT2D eigenvalue weighted by Crippen LogP contribution is -2.46. The van der Waals surface area contributed by atoms with E-state index in [2.05, 4.69) is 26.8 Å². The molecule has 8 atom stereocenters. The smallest absolute Gasteiger partial charge is 0.0709 e. The van der Waals surface area contributed by atoms with Gasteiger partial charge < -0.3 is 20.4 Å². The fourth-order valence-electron chi connectivity index (χ4n) is 6.04. The number of aliphatic hydroxyl groups excluding tert-OH is 3. The average molecular weight is 338 g/mol. The van der Waals surface area contributed by atoms with Crippen LogP contribution in [0.25, 0.3) is 0 Å². The molecular weight excluding hydrogens is 304 g/mol. The summed E-state index contributed by atoms with van der Waals surface area (Å²) in [5.41, 5.74) is -0.00901. The lowest BCUT2D eigenvalue weighted by atomic mass is 9.63. The summed E-state index contributed by atoms with van der Waals surface area (Å²) in [4.78, 5) is 0. The fourth-order valence-corrected chi connectivity index (χ4v) is 6.04. The van der Waals surface area contributed by atoms with Crippen molar-refractivity contribution in [2.24, 2.45) is 35.0 Å². The molecule has 0 aromatic heterocycles. The van der Waals surface area contributed by atoms with Gasteiger partial charge in [0.05, 0.1) is 17.8 Å². The predicted octanol–water partition coefficient (Wildman–Crippen LogP) is 2.11. The second kappa shape index (κ2) is 6.08. The van der Waals surface area contributed by atoms with Gasteiger partial charge in [-0.1, -0.05) is 32.4 Å². The molecule has 0 unspecified atom stereocenters. The first-order valence-corrected chi connectivity index (χ1v) is 9.51. The van der Waals surface area contributed by atoms with Crippen LogP contribution in [-0.4, -0.2) is 44.8 Å². The van der Waals surface area contributed by atoms with Gasteiger partial charge in [-0.25, -0.2) is 0 Å². The van der Waals surface area contributed by atoms with E-state index < -0.39 is 17.8 Å². The first-order valence-electron chi connectivity index (χ1n) is 9.51. The van der Waals surface area contributed by atoms with Gasteiger partial charge in [0.15, 0.2) is 0 Å². The van der Waals surface area contributed by atoms with Crippen molar-refractivity contribution >= 4 is 0 Å². The van der Waals surface area contributed by atoms with Crippen molar-refractivity contribution < 1.29 is 20.4 Å². The Hall–Kier alpha value is -0.420. The molecule has 2 fully saturated rings. The summed E-state index contributed by atoms with van der Waals surface area (Å²) < 4.78 is 0. The summed E-state index contributed by atoms with van der Waals surface area (Å²) in [6, 6.07) is 0. The maximum atomic E-state index is 11.1. The minimum absolute atomic E-state index is 0.00190. The number of fused-ring (bicyclic) bond motifs is 2. The van der Waals surface area contributed by atoms with Crippen molar-refractivity contribution in [1.82, 2.24) is 0 Å². The third kappa shape index (κ3) is 2.66. The zero-order valence-electron chi connectivity index (χ0n) is 15.4. The molecule has 3 aliphatic rings. The first kappa shape index (κ1) is 18.4. The van der Waals surface area contributed by atoms with Crippen molar-refractivity contribution in [3.63, 3.8) is 0 Å². The van der Waals surface area contributed by atoms with Crippen molar-refractivity contribution in [2.75, 3.05) is 6.61 Å². The highest BCUT2D eigenvalue weighted by Crippen LogP contribution is 2.58. The highest BCUT2D eigenvalue weighted by atomic mass is 16.3. The summed E-state index contributed by atoms with van der Waals surface area (Å²) in [6.07, 6.45) is 3.72. The number of hydrogen-bond acceptors (Lipinski definition) is 4. The Balaban J connectivity index is 2.05. The average Bonchev–Trinajstić information content (AvgIpc) is 2.92. The van der Waals surface area contributed by atoms with Crippen molar-refractivity contribution in [3.8, 4) is 0 Å². The molecule has 138 valence electrons. The molecule has 0 radical (unpaired) electrons. The summed E-state index contributed by atoms with van der Waals surface area (Å²) in [6.45, 7) is 8.39. The van der Waals surface area contributed by atoms with Gasteiger partial charge in [-0.15, -0.1) is 0 Å². The highest BCUT2D eigenvalue weighted by molar-refractivity contribution is 5.28. The zero-order valence-corrected chi connectivity index (χ0v) is 15.4. The molecule has 24 heavy (non-hydrogen) atoms. The van der Waals surface area contributed by atoms with Crippen LogP contribution in [0.15, 0.2) is 11.6 Å². The number of rotatable bonds is 2. The Morgan fingerprint density at radius 3 is 2.46 bits per heavy atom. The number of hydrogen-bond donors (Lipinski definition) is 4. The molecule has 4 heteroatoms. The van der Waals surface area contributed by atoms with Crippen LogP contribution in [0.1, 0.15) is 53.4 Å². The maximum Gasteiger partial charge on any atom is 0.0709 e. The molecule has 0 amide bonds. The van der Waals surface area contributed by atoms with E-state index in [0.717, 1.165) is 12.8 Å². The van der Waals surface area contributed by atoms with E-state index in [-0.39, 0.29) is 29.8 Å². The van der Waals surface area contributed by atoms with Gasteiger partial charge in [-0.05, 0) is 56.3 Å². The van der Waals surface area contributed by atoms with Gasteiger partial charge >= 0.3 is 0 Å². The summed E-state index contributed by atoms with van der Waals surface area (Å²) in [7, 11) is 0. The molecule has 0 spiro atoms. The van der Waals surface area contributed by atoms with E-state index in [4.69, 9.17) is 0 Å². The van der Waals surface area contributed by atoms with Crippen LogP contribution < -0.4 is 0 Å². The van der Waals surface area contributed by atoms with Crippen LogP contribution in [0.5, 0.6) is 0 Å². The molecule has 0 aromatic carbocycles. The van der Waals surface area contributed by atoms with Crippen LogP contribution in [0.3, 0.4) is 0 Å². The predicted molar refractivity (Wildman–Crippen MR) is 93.2 cm³/mol. The van der Waals surface area contributed by atoms with E-state index in [0.29, 0.717) is 24.7 Å². The van der Waals surface area contributed by atoms with Gasteiger partial charge in [-0.2, -0.15) is 0 Å². The standard InChI is InChI=1S/C20H34O4/c1-11(2)13-8-17(23)19(3)9-14-12(10-21)7-16(22)18(14)20(4,24)6-5-15(13)19/h5,11-14,16-18,21-24H,6-10H2,1-4H3/t12-,13+,14+,16+,17+,18+,19+,20-/m0/s1. The first-order chi connectivity index (χ1) is 11.1. The van der Waals surface area contributed by atoms with Crippen LogP contribution in [0, 0.1) is 35.0 Å². The quantitative estimate of drug-likeness (QED) is 0.581. The topological polar surface area (TPSA) is 80.9 Å². The van der Waals surface area contributed by atoms with Crippen molar-refractivity contribution in [2.45, 2.75) is 71.2 Å². The monoisotopic (exact) mass is 338 g/mol. The lowest BCUT2D eigenvalue weighted by molar-refractivity contribution is -0.0763. The Kier molecular flexibility index (Phi) is 4.66. The molecule has 2 saturated carbocycles. The van der Waals surface area contributed by atoms with Crippen LogP contribution in [0.4, 0.5) is 0 Å². The lowest BCUT2D eigenvalue weighted by Gasteiger charge is -2.44. The van der Waals surface area contributed by atoms with E-state index in [1.54, 1.807) is 0 Å². The van der Waals surface area contributed by atoms with Gasteiger partial charge in [0.1, 0.15) is 0 Å². The fraction of sp³-hybridized carbons (Fsp3) is 0.900. The molecular formula is C20H34O4. The zero-order chi connectivity index (χ0) is 17.9. The normalized spacial score (nSPS) is 51.8. The Morgan fingerprint density at radius 1 is 1.21 bits per heavy atom. The third-order valence-electron chi connectivity index (χ3n) is 7.45. The Morgan fingerprint density at radius 2 is 1.88 bits per heavy atom. The van der Waals surface area contributed by atoms with E-state index in [1.165, 1.54) is 5.57 Å². The second-order valence-corrected chi connectivity index (χ2v) is 9.38. The van der Waals surface area contributed by atoms with Crippen LogP contribution in [-0.2, 0) is 0 Å². The molecule has 3 rings (SSSR count). The number of aliphatic hydroxyl groups is 4. The molecule has 3 aliphatic carbocycles. The second-order valence-electron chi connectivity index (χ2n) is 9.38. The van der Waals surface area contributed by atoms with Gasteiger partial charge in [0.2, 0.25) is 0 Å². The summed E-state index contributed by atoms with van der Waals surface area (Å²) >= 11 is 0. The molecule has 0 saturated heterocycles. The maximum absolute atomic E-state index is 11.1. The Bertz CT molecular complexity index is 512. The minimum Gasteiger partial charge on any atom is -0.396 e.